The molecule has 1 aromatic heterocycles. The number of thioether (sulfide) groups is 1. The number of methoxy groups -OCH3 is 1. The zero-order chi connectivity index (χ0) is 26.3. The van der Waals surface area contributed by atoms with E-state index in [-0.39, 0.29) is 29.9 Å². The normalized spacial score (nSPS) is 17.7. The van der Waals surface area contributed by atoms with Crippen LogP contribution in [-0.4, -0.2) is 42.9 Å². The number of hydrazone groups is 1. The van der Waals surface area contributed by atoms with Gasteiger partial charge in [-0.25, -0.2) is 0 Å². The molecule has 1 amide bonds. The number of aromatic nitrogens is 1. The van der Waals surface area contributed by atoms with Crippen LogP contribution >= 0.6 is 23.1 Å². The molecule has 37 heavy (non-hydrogen) atoms. The summed E-state index contributed by atoms with van der Waals surface area (Å²) in [5.74, 6) is -0.174. The topological polar surface area (TPSA) is 93.4 Å². The number of amides is 1. The lowest BCUT2D eigenvalue weighted by atomic mass is 10.1. The van der Waals surface area contributed by atoms with Gasteiger partial charge in [0.25, 0.3) is 11.5 Å². The molecule has 0 saturated heterocycles. The third-order valence-electron chi connectivity index (χ3n) is 5.98. The first-order valence-corrected chi connectivity index (χ1v) is 13.1. The van der Waals surface area contributed by atoms with Gasteiger partial charge in [0.1, 0.15) is 20.0 Å². The summed E-state index contributed by atoms with van der Waals surface area (Å²) >= 11 is 2.70. The third kappa shape index (κ3) is 4.34. The zero-order valence-electron chi connectivity index (χ0n) is 20.7. The number of rotatable bonds is 5. The summed E-state index contributed by atoms with van der Waals surface area (Å²) in [5.41, 5.74) is 1.75. The first-order chi connectivity index (χ1) is 17.8. The maximum Gasteiger partial charge on any atom is 0.311 e. The van der Waals surface area contributed by atoms with Crippen LogP contribution in [0, 0.1) is 0 Å². The Morgan fingerprint density at radius 2 is 1.84 bits per heavy atom. The van der Waals surface area contributed by atoms with Crippen LogP contribution in [0.4, 0.5) is 11.4 Å². The van der Waals surface area contributed by atoms with Gasteiger partial charge in [0.2, 0.25) is 0 Å². The smallest absolute Gasteiger partial charge is 0.311 e. The molecule has 0 unspecified atom stereocenters. The summed E-state index contributed by atoms with van der Waals surface area (Å²) in [6, 6.07) is 14.7. The zero-order valence-corrected chi connectivity index (χ0v) is 22.3. The number of carbonyl (C=O) groups is 2. The molecule has 0 radical (unpaired) electrons. The molecule has 3 heterocycles. The van der Waals surface area contributed by atoms with Crippen molar-refractivity contribution in [2.45, 2.75) is 18.2 Å². The molecular formula is C26H24N4O5S2. The van der Waals surface area contributed by atoms with E-state index in [9.17, 15) is 14.4 Å². The second-order valence-electron chi connectivity index (χ2n) is 8.26. The highest BCUT2D eigenvalue weighted by atomic mass is 32.2. The number of esters is 1. The Balaban J connectivity index is 1.69. The van der Waals surface area contributed by atoms with Gasteiger partial charge in [0, 0.05) is 25.1 Å². The molecule has 0 saturated carbocycles. The van der Waals surface area contributed by atoms with Crippen LogP contribution in [0.25, 0.3) is 10.6 Å². The molecule has 0 aliphatic carbocycles. The highest BCUT2D eigenvalue weighted by Gasteiger charge is 2.35. The monoisotopic (exact) mass is 536 g/mol. The summed E-state index contributed by atoms with van der Waals surface area (Å²) in [4.78, 5) is 42.4. The molecule has 0 spiro atoms. The number of hydrogen-bond acceptors (Lipinski definition) is 9. The Bertz CT molecular complexity index is 1620. The SMILES string of the molecule is CCOC(=O)CC1=NN(c2ccccc2)C(=O)C1=c1sc(=C2Sc3ccc(OC)cc3N2C)c(=O)n1C. The number of fused-ring (bicyclic) bond motifs is 1. The maximum absolute atomic E-state index is 13.6. The molecule has 2 aliphatic rings. The lowest BCUT2D eigenvalue weighted by Gasteiger charge is -2.13. The van der Waals surface area contributed by atoms with E-state index in [1.807, 2.05) is 36.2 Å². The van der Waals surface area contributed by atoms with E-state index in [1.165, 1.54) is 32.7 Å². The third-order valence-corrected chi connectivity index (χ3v) is 8.59. The molecule has 0 atom stereocenters. The fraction of sp³-hybridized carbons (Fsp3) is 0.231. The predicted molar refractivity (Wildman–Crippen MR) is 145 cm³/mol. The minimum Gasteiger partial charge on any atom is -0.497 e. The van der Waals surface area contributed by atoms with Gasteiger partial charge in [-0.15, -0.1) is 11.3 Å². The Hall–Kier alpha value is -3.83. The summed E-state index contributed by atoms with van der Waals surface area (Å²) in [6.45, 7) is 1.93. The summed E-state index contributed by atoms with van der Waals surface area (Å²) in [5, 5.41) is 6.50. The average molecular weight is 537 g/mol. The summed E-state index contributed by atoms with van der Waals surface area (Å²) in [7, 11) is 5.13. The lowest BCUT2D eigenvalue weighted by molar-refractivity contribution is -0.141. The minimum atomic E-state index is -0.493. The van der Waals surface area contributed by atoms with E-state index in [0.29, 0.717) is 14.9 Å². The molecule has 5 rings (SSSR count). The van der Waals surface area contributed by atoms with Gasteiger partial charge in [-0.1, -0.05) is 30.0 Å². The van der Waals surface area contributed by atoms with Crippen molar-refractivity contribution in [2.24, 2.45) is 12.1 Å². The van der Waals surface area contributed by atoms with Crippen molar-refractivity contribution < 1.29 is 19.1 Å². The van der Waals surface area contributed by atoms with Crippen LogP contribution < -0.4 is 29.4 Å². The number of carbonyl (C=O) groups excluding carboxylic acids is 2. The quantitative estimate of drug-likeness (QED) is 0.462. The van der Waals surface area contributed by atoms with Crippen molar-refractivity contribution >= 4 is 62.7 Å². The van der Waals surface area contributed by atoms with Crippen molar-refractivity contribution in [2.75, 3.05) is 30.7 Å². The summed E-state index contributed by atoms with van der Waals surface area (Å²) in [6.07, 6.45) is -0.184. The van der Waals surface area contributed by atoms with Crippen molar-refractivity contribution in [1.82, 2.24) is 4.57 Å². The van der Waals surface area contributed by atoms with Gasteiger partial charge < -0.3 is 18.9 Å². The second kappa shape index (κ2) is 9.91. The van der Waals surface area contributed by atoms with E-state index in [2.05, 4.69) is 5.10 Å². The predicted octanol–water partition coefficient (Wildman–Crippen LogP) is 2.27. The van der Waals surface area contributed by atoms with E-state index >= 15 is 0 Å². The molecule has 2 aliphatic heterocycles. The largest absolute Gasteiger partial charge is 0.497 e. The number of nitrogens with zero attached hydrogens (tertiary/aromatic N) is 4. The van der Waals surface area contributed by atoms with Gasteiger partial charge in [-0.05, 0) is 31.2 Å². The highest BCUT2D eigenvalue weighted by molar-refractivity contribution is 8.08. The standard InChI is InChI=1S/C26H24N4O5S2/c1-5-35-20(31)14-17-21(23(32)30(27-17)15-9-7-6-8-10-15)25-29(3)24(33)22(37-25)26-28(2)18-13-16(34-4)11-12-19(18)36-26/h6-13H,5,14H2,1-4H3. The van der Waals surface area contributed by atoms with Gasteiger partial charge in [0.15, 0.2) is 0 Å². The Labute approximate surface area is 220 Å². The maximum atomic E-state index is 13.6. The molecule has 9 nitrogen and oxygen atoms in total. The van der Waals surface area contributed by atoms with E-state index in [1.54, 1.807) is 45.3 Å². The summed E-state index contributed by atoms with van der Waals surface area (Å²) < 4.78 is 12.9. The fourth-order valence-corrected chi connectivity index (χ4v) is 6.62. The molecular weight excluding hydrogens is 512 g/mol. The van der Waals surface area contributed by atoms with Gasteiger partial charge in [0.05, 0.1) is 42.8 Å². The molecule has 0 N–H and O–H groups in total. The van der Waals surface area contributed by atoms with Crippen LogP contribution in [0.2, 0.25) is 0 Å². The lowest BCUT2D eigenvalue weighted by Crippen LogP contribution is -2.34. The van der Waals surface area contributed by atoms with Crippen LogP contribution in [0.15, 0.2) is 63.3 Å². The minimum absolute atomic E-state index is 0.184. The van der Waals surface area contributed by atoms with Crippen LogP contribution in [0.1, 0.15) is 13.3 Å². The Kier molecular flexibility index (Phi) is 6.65. The number of benzene rings is 2. The molecule has 2 aromatic carbocycles. The van der Waals surface area contributed by atoms with E-state index < -0.39 is 11.9 Å². The molecule has 0 fully saturated rings. The Morgan fingerprint density at radius 1 is 1.08 bits per heavy atom. The van der Waals surface area contributed by atoms with E-state index in [4.69, 9.17) is 9.47 Å². The van der Waals surface area contributed by atoms with E-state index in [0.717, 1.165) is 21.4 Å². The average Bonchev–Trinajstić information content (AvgIpc) is 3.50. The molecule has 0 bridgehead atoms. The van der Waals surface area contributed by atoms with Crippen LogP contribution in [0.5, 0.6) is 5.75 Å². The number of ether oxygens (including phenoxy) is 2. The number of para-hydroxylation sites is 1. The number of thiazole rings is 1. The van der Waals surface area contributed by atoms with Crippen LogP contribution in [-0.2, 0) is 21.4 Å². The number of anilines is 2. The molecule has 11 heteroatoms. The van der Waals surface area contributed by atoms with Crippen molar-refractivity contribution in [3.63, 3.8) is 0 Å². The van der Waals surface area contributed by atoms with Gasteiger partial charge >= 0.3 is 5.97 Å². The van der Waals surface area contributed by atoms with Gasteiger partial charge in [-0.3, -0.25) is 14.4 Å². The van der Waals surface area contributed by atoms with Crippen LogP contribution in [0.3, 0.4) is 0 Å². The molecule has 3 aromatic rings. The van der Waals surface area contributed by atoms with Crippen molar-refractivity contribution in [1.29, 1.82) is 0 Å². The van der Waals surface area contributed by atoms with Crippen molar-refractivity contribution in [3.05, 3.63) is 68.1 Å². The Morgan fingerprint density at radius 3 is 2.54 bits per heavy atom. The highest BCUT2D eigenvalue weighted by Crippen LogP contribution is 2.46. The second-order valence-corrected chi connectivity index (χ2v) is 10.3. The van der Waals surface area contributed by atoms with Crippen molar-refractivity contribution in [3.8, 4) is 5.75 Å². The number of hydrogen-bond donors (Lipinski definition) is 0. The first kappa shape index (κ1) is 24.8. The fourth-order valence-electron chi connectivity index (χ4n) is 4.14. The molecule has 190 valence electrons. The first-order valence-electron chi connectivity index (χ1n) is 11.5. The van der Waals surface area contributed by atoms with Gasteiger partial charge in [-0.2, -0.15) is 10.1 Å².